The number of nitrogens with zero attached hydrogens (tertiary/aromatic N) is 3. The van der Waals surface area contributed by atoms with E-state index in [0.29, 0.717) is 12.5 Å². The van der Waals surface area contributed by atoms with E-state index < -0.39 is 0 Å². The van der Waals surface area contributed by atoms with Crippen molar-refractivity contribution in [3.8, 4) is 11.4 Å². The van der Waals surface area contributed by atoms with Crippen LogP contribution >= 0.6 is 0 Å². The fourth-order valence-electron chi connectivity index (χ4n) is 3.02. The van der Waals surface area contributed by atoms with Crippen LogP contribution < -0.4 is 10.6 Å². The Morgan fingerprint density at radius 1 is 1.14 bits per heavy atom. The zero-order chi connectivity index (χ0) is 19.8. The van der Waals surface area contributed by atoms with Crippen molar-refractivity contribution in [3.05, 3.63) is 71.5 Å². The second-order valence-electron chi connectivity index (χ2n) is 6.93. The second-order valence-corrected chi connectivity index (χ2v) is 6.93. The van der Waals surface area contributed by atoms with Crippen molar-refractivity contribution in [1.82, 2.24) is 25.8 Å². The number of nitrogens with one attached hydrogen (secondary N) is 3. The second kappa shape index (κ2) is 9.69. The summed E-state index contributed by atoms with van der Waals surface area (Å²) in [4.78, 5) is 8.95. The molecule has 1 unspecified atom stereocenters. The van der Waals surface area contributed by atoms with Crippen LogP contribution in [0.1, 0.15) is 36.5 Å². The Bertz CT molecular complexity index is 901. The topological polar surface area (TPSA) is 78.0 Å². The minimum absolute atomic E-state index is 0.401. The van der Waals surface area contributed by atoms with E-state index in [4.69, 9.17) is 4.99 Å². The summed E-state index contributed by atoms with van der Waals surface area (Å²) in [5.74, 6) is 1.99. The molecule has 3 rings (SSSR count). The quantitative estimate of drug-likeness (QED) is 0.435. The van der Waals surface area contributed by atoms with E-state index in [1.54, 1.807) is 0 Å². The average molecular weight is 377 g/mol. The number of benzene rings is 2. The van der Waals surface area contributed by atoms with E-state index in [9.17, 15) is 0 Å². The van der Waals surface area contributed by atoms with Crippen LogP contribution in [-0.2, 0) is 6.54 Å². The number of aryl methyl sites for hydroxylation is 1. The Kier molecular flexibility index (Phi) is 6.78. The lowest BCUT2D eigenvalue weighted by Crippen LogP contribution is -2.39. The van der Waals surface area contributed by atoms with Gasteiger partial charge in [0.1, 0.15) is 6.33 Å². The Morgan fingerprint density at radius 3 is 2.75 bits per heavy atom. The number of H-pyrrole nitrogens is 1. The molecule has 6 nitrogen and oxygen atoms in total. The first-order valence-electron chi connectivity index (χ1n) is 9.69. The summed E-state index contributed by atoms with van der Waals surface area (Å²) >= 11 is 0. The molecule has 2 aromatic carbocycles. The van der Waals surface area contributed by atoms with Gasteiger partial charge >= 0.3 is 0 Å². The SMILES string of the molecule is CCNC(=NCc1cccc(-c2ncn[nH]2)c1)NCC(C)c1cccc(C)c1. The first-order chi connectivity index (χ1) is 13.7. The predicted octanol–water partition coefficient (Wildman–Crippen LogP) is 3.64. The van der Waals surface area contributed by atoms with Crippen LogP contribution in [0.5, 0.6) is 0 Å². The van der Waals surface area contributed by atoms with E-state index >= 15 is 0 Å². The van der Waals surface area contributed by atoms with Gasteiger partial charge in [0.05, 0.1) is 6.54 Å². The third-order valence-electron chi connectivity index (χ3n) is 4.57. The molecule has 1 heterocycles. The molecular formula is C22H28N6. The van der Waals surface area contributed by atoms with Gasteiger partial charge in [0.2, 0.25) is 0 Å². The Morgan fingerprint density at radius 2 is 2.00 bits per heavy atom. The number of aliphatic imine (C=N–C) groups is 1. The van der Waals surface area contributed by atoms with Gasteiger partial charge in [-0.05, 0) is 37.0 Å². The van der Waals surface area contributed by atoms with E-state index in [-0.39, 0.29) is 0 Å². The molecule has 3 N–H and O–H groups in total. The van der Waals surface area contributed by atoms with Gasteiger partial charge in [-0.1, -0.05) is 55.0 Å². The summed E-state index contributed by atoms with van der Waals surface area (Å²) in [5.41, 5.74) is 4.76. The van der Waals surface area contributed by atoms with Crippen molar-refractivity contribution in [3.63, 3.8) is 0 Å². The molecule has 146 valence electrons. The molecule has 28 heavy (non-hydrogen) atoms. The van der Waals surface area contributed by atoms with E-state index in [1.807, 2.05) is 12.1 Å². The molecule has 0 bridgehead atoms. The van der Waals surface area contributed by atoms with Crippen LogP contribution in [0.25, 0.3) is 11.4 Å². The molecule has 0 saturated carbocycles. The first kappa shape index (κ1) is 19.6. The molecule has 0 aliphatic rings. The van der Waals surface area contributed by atoms with Crippen LogP contribution in [0.15, 0.2) is 59.9 Å². The van der Waals surface area contributed by atoms with Gasteiger partial charge in [0.15, 0.2) is 11.8 Å². The molecule has 0 amide bonds. The minimum atomic E-state index is 0.401. The molecule has 0 aliphatic carbocycles. The van der Waals surface area contributed by atoms with Gasteiger partial charge in [0, 0.05) is 18.7 Å². The largest absolute Gasteiger partial charge is 0.357 e. The van der Waals surface area contributed by atoms with Crippen LogP contribution in [0.3, 0.4) is 0 Å². The monoisotopic (exact) mass is 376 g/mol. The van der Waals surface area contributed by atoms with Gasteiger partial charge in [-0.15, -0.1) is 0 Å². The predicted molar refractivity (Wildman–Crippen MR) is 114 cm³/mol. The third-order valence-corrected chi connectivity index (χ3v) is 4.57. The lowest BCUT2D eigenvalue weighted by atomic mass is 9.99. The number of rotatable bonds is 7. The summed E-state index contributed by atoms with van der Waals surface area (Å²) in [6, 6.07) is 16.8. The molecule has 0 radical (unpaired) electrons. The molecule has 0 aliphatic heterocycles. The van der Waals surface area contributed by atoms with Crippen molar-refractivity contribution in [2.45, 2.75) is 33.2 Å². The van der Waals surface area contributed by atoms with Crippen LogP contribution in [0, 0.1) is 6.92 Å². The number of aromatic amines is 1. The van der Waals surface area contributed by atoms with Gasteiger partial charge in [-0.2, -0.15) is 5.10 Å². The summed E-state index contributed by atoms with van der Waals surface area (Å²) in [5, 5.41) is 13.6. The Balaban J connectivity index is 1.63. The van der Waals surface area contributed by atoms with Crippen LogP contribution in [0.2, 0.25) is 0 Å². The molecule has 3 aromatic rings. The summed E-state index contributed by atoms with van der Waals surface area (Å²) in [6.07, 6.45) is 1.52. The van der Waals surface area contributed by atoms with Crippen molar-refractivity contribution in [1.29, 1.82) is 0 Å². The lowest BCUT2D eigenvalue weighted by Gasteiger charge is -2.16. The third kappa shape index (κ3) is 5.42. The normalized spacial score (nSPS) is 12.6. The fourth-order valence-corrected chi connectivity index (χ4v) is 3.02. The smallest absolute Gasteiger partial charge is 0.191 e. The Hall–Kier alpha value is -3.15. The highest BCUT2D eigenvalue weighted by molar-refractivity contribution is 5.79. The summed E-state index contributed by atoms with van der Waals surface area (Å²) < 4.78 is 0. The van der Waals surface area contributed by atoms with Gasteiger partial charge in [-0.3, -0.25) is 5.10 Å². The zero-order valence-electron chi connectivity index (χ0n) is 16.7. The van der Waals surface area contributed by atoms with Crippen molar-refractivity contribution < 1.29 is 0 Å². The maximum absolute atomic E-state index is 4.74. The van der Waals surface area contributed by atoms with E-state index in [0.717, 1.165) is 36.0 Å². The van der Waals surface area contributed by atoms with Crippen molar-refractivity contribution >= 4 is 5.96 Å². The lowest BCUT2D eigenvalue weighted by molar-refractivity contribution is 0.699. The van der Waals surface area contributed by atoms with E-state index in [1.165, 1.54) is 17.5 Å². The highest BCUT2D eigenvalue weighted by Crippen LogP contribution is 2.17. The molecule has 1 aromatic heterocycles. The molecule has 1 atom stereocenters. The maximum Gasteiger partial charge on any atom is 0.191 e. The summed E-state index contributed by atoms with van der Waals surface area (Å²) in [6.45, 7) is 8.67. The standard InChI is InChI=1S/C22H28N6/c1-4-23-22(24-13-17(3)19-9-5-7-16(2)11-19)25-14-18-8-6-10-20(12-18)21-26-15-27-28-21/h5-12,15,17H,4,13-14H2,1-3H3,(H2,23,24,25)(H,26,27,28). The van der Waals surface area contributed by atoms with Gasteiger partial charge in [0.25, 0.3) is 0 Å². The molecule has 0 saturated heterocycles. The molecule has 6 heteroatoms. The van der Waals surface area contributed by atoms with Gasteiger partial charge < -0.3 is 10.6 Å². The number of hydrogen-bond acceptors (Lipinski definition) is 3. The molecule has 0 fully saturated rings. The zero-order valence-corrected chi connectivity index (χ0v) is 16.7. The molecular weight excluding hydrogens is 348 g/mol. The van der Waals surface area contributed by atoms with Crippen molar-refractivity contribution in [2.75, 3.05) is 13.1 Å². The van der Waals surface area contributed by atoms with E-state index in [2.05, 4.69) is 83.0 Å². The van der Waals surface area contributed by atoms with Crippen LogP contribution in [-0.4, -0.2) is 34.2 Å². The minimum Gasteiger partial charge on any atom is -0.357 e. The fraction of sp³-hybridized carbons (Fsp3) is 0.318. The highest BCUT2D eigenvalue weighted by atomic mass is 15.2. The van der Waals surface area contributed by atoms with Crippen LogP contribution in [0.4, 0.5) is 0 Å². The van der Waals surface area contributed by atoms with Crippen molar-refractivity contribution in [2.24, 2.45) is 4.99 Å². The molecule has 0 spiro atoms. The first-order valence-corrected chi connectivity index (χ1v) is 9.69. The number of aromatic nitrogens is 3. The number of guanidine groups is 1. The Labute approximate surface area is 166 Å². The average Bonchev–Trinajstić information content (AvgIpc) is 3.25. The summed E-state index contributed by atoms with van der Waals surface area (Å²) in [7, 11) is 0. The van der Waals surface area contributed by atoms with Gasteiger partial charge in [-0.25, -0.2) is 9.98 Å². The number of hydrogen-bond donors (Lipinski definition) is 3. The highest BCUT2D eigenvalue weighted by Gasteiger charge is 2.07. The maximum atomic E-state index is 4.74.